The van der Waals surface area contributed by atoms with Gasteiger partial charge >= 0.3 is 21.1 Å². The minimum Gasteiger partial charge on any atom is -0.435 e. The van der Waals surface area contributed by atoms with E-state index in [-0.39, 0.29) is 21.1 Å². The second-order valence-electron chi connectivity index (χ2n) is 8.67. The van der Waals surface area contributed by atoms with Gasteiger partial charge in [0, 0.05) is 23.0 Å². The van der Waals surface area contributed by atoms with Crippen molar-refractivity contribution in [3.05, 3.63) is 128 Å². The van der Waals surface area contributed by atoms with Gasteiger partial charge in [0.1, 0.15) is 0 Å². The molecule has 0 bridgehead atoms. The minimum absolute atomic E-state index is 0. The van der Waals surface area contributed by atoms with Crippen LogP contribution in [-0.4, -0.2) is 14.5 Å². The Balaban J connectivity index is 0.00000252. The van der Waals surface area contributed by atoms with Crippen molar-refractivity contribution in [2.24, 2.45) is 0 Å². The van der Waals surface area contributed by atoms with Crippen LogP contribution in [-0.2, 0) is 21.1 Å². The summed E-state index contributed by atoms with van der Waals surface area (Å²) in [5.41, 5.74) is 7.63. The van der Waals surface area contributed by atoms with Crippen molar-refractivity contribution in [3.8, 4) is 39.6 Å². The van der Waals surface area contributed by atoms with E-state index >= 15 is 0 Å². The summed E-state index contributed by atoms with van der Waals surface area (Å²) in [4.78, 5) is 14.6. The summed E-state index contributed by atoms with van der Waals surface area (Å²) < 4.78 is 2.16. The summed E-state index contributed by atoms with van der Waals surface area (Å²) in [5, 5.41) is 2.25. The molecule has 4 aromatic heterocycles. The van der Waals surface area contributed by atoms with Gasteiger partial charge in [0.15, 0.2) is 0 Å². The molecule has 0 fully saturated rings. The molecule has 7 rings (SSSR count). The third-order valence-electron chi connectivity index (χ3n) is 6.46. The van der Waals surface area contributed by atoms with Crippen LogP contribution in [0.2, 0.25) is 0 Å². The van der Waals surface area contributed by atoms with E-state index in [0.29, 0.717) is 0 Å². The first-order chi connectivity index (χ1) is 17.8. The largest absolute Gasteiger partial charge is 2.00 e. The van der Waals surface area contributed by atoms with Crippen molar-refractivity contribution in [2.75, 3.05) is 0 Å². The van der Waals surface area contributed by atoms with Gasteiger partial charge in [-0.05, 0) is 28.2 Å². The van der Waals surface area contributed by atoms with Crippen molar-refractivity contribution in [1.29, 1.82) is 0 Å². The average molecular weight is 656 g/mol. The van der Waals surface area contributed by atoms with Crippen LogP contribution in [0.5, 0.6) is 0 Å². The summed E-state index contributed by atoms with van der Waals surface area (Å²) in [5.74, 6) is 0.857. The Bertz CT molecular complexity index is 1840. The van der Waals surface area contributed by atoms with Gasteiger partial charge in [0.05, 0.1) is 5.65 Å². The monoisotopic (exact) mass is 655 g/mol. The number of hydrogen-bond donors (Lipinski definition) is 0. The van der Waals surface area contributed by atoms with E-state index in [2.05, 4.69) is 76.3 Å². The Kier molecular flexibility index (Phi) is 6.03. The van der Waals surface area contributed by atoms with E-state index in [1.807, 2.05) is 54.6 Å². The van der Waals surface area contributed by atoms with Crippen LogP contribution in [0.3, 0.4) is 0 Å². The number of pyridine rings is 2. The summed E-state index contributed by atoms with van der Waals surface area (Å²) >= 11 is 0. The predicted molar refractivity (Wildman–Crippen MR) is 145 cm³/mol. The van der Waals surface area contributed by atoms with Gasteiger partial charge < -0.3 is 9.55 Å². The smallest absolute Gasteiger partial charge is 0.435 e. The summed E-state index contributed by atoms with van der Waals surface area (Å²) in [7, 11) is 0. The van der Waals surface area contributed by atoms with Crippen LogP contribution >= 0.6 is 0 Å². The molecule has 4 heterocycles. The summed E-state index contributed by atoms with van der Waals surface area (Å²) in [6.45, 7) is 0. The molecular formula is C32H20N4Pt. The first-order valence-electron chi connectivity index (χ1n) is 11.9. The van der Waals surface area contributed by atoms with Gasteiger partial charge in [-0.15, -0.1) is 24.3 Å². The minimum atomic E-state index is 0. The molecule has 0 aliphatic carbocycles. The van der Waals surface area contributed by atoms with Crippen LogP contribution in [0.4, 0.5) is 0 Å². The van der Waals surface area contributed by atoms with E-state index in [4.69, 9.17) is 9.97 Å². The fourth-order valence-corrected chi connectivity index (χ4v) is 4.76. The first-order valence-corrected chi connectivity index (χ1v) is 11.9. The molecule has 0 aliphatic heterocycles. The topological polar surface area (TPSA) is 44.8 Å². The van der Waals surface area contributed by atoms with Gasteiger partial charge in [0.25, 0.3) is 0 Å². The molecule has 7 aromatic rings. The molecule has 3 aromatic carbocycles. The summed E-state index contributed by atoms with van der Waals surface area (Å²) in [6.07, 6.45) is 1.80. The maximum atomic E-state index is 5.15. The Morgan fingerprint density at radius 2 is 1.41 bits per heavy atom. The van der Waals surface area contributed by atoms with Crippen LogP contribution < -0.4 is 4.98 Å². The maximum absolute atomic E-state index is 5.15. The number of para-hydroxylation sites is 1. The molecule has 5 heteroatoms. The fraction of sp³-hybridized carbons (Fsp3) is 0. The van der Waals surface area contributed by atoms with E-state index < -0.39 is 0 Å². The van der Waals surface area contributed by atoms with Gasteiger partial charge in [-0.25, -0.2) is 0 Å². The fourth-order valence-electron chi connectivity index (χ4n) is 4.76. The molecular weight excluding hydrogens is 635 g/mol. The van der Waals surface area contributed by atoms with E-state index in [9.17, 15) is 0 Å². The second-order valence-corrected chi connectivity index (χ2v) is 8.67. The molecule has 0 atom stereocenters. The van der Waals surface area contributed by atoms with Gasteiger partial charge in [-0.2, -0.15) is 0 Å². The Hall–Kier alpha value is -4.27. The molecule has 0 amide bonds. The molecule has 37 heavy (non-hydrogen) atoms. The average Bonchev–Trinajstić information content (AvgIpc) is 3.56. The number of nitrogens with zero attached hydrogens (tertiary/aromatic N) is 4. The molecule has 0 unspecified atom stereocenters. The number of benzene rings is 3. The van der Waals surface area contributed by atoms with Crippen molar-refractivity contribution in [2.45, 2.75) is 0 Å². The van der Waals surface area contributed by atoms with Crippen LogP contribution in [0.1, 0.15) is 0 Å². The maximum Gasteiger partial charge on any atom is 2.00 e. The zero-order chi connectivity index (χ0) is 23.9. The first kappa shape index (κ1) is 23.1. The number of hydrogen-bond acceptors (Lipinski definition) is 2. The zero-order valence-electron chi connectivity index (χ0n) is 19.7. The van der Waals surface area contributed by atoms with Gasteiger partial charge in [-0.3, -0.25) is 9.97 Å². The molecule has 4 nitrogen and oxygen atoms in total. The Morgan fingerprint density at radius 1 is 0.622 bits per heavy atom. The zero-order valence-corrected chi connectivity index (χ0v) is 21.9. The Morgan fingerprint density at radius 3 is 2.24 bits per heavy atom. The van der Waals surface area contributed by atoms with Gasteiger partial charge in [-0.1, -0.05) is 108 Å². The van der Waals surface area contributed by atoms with Crippen LogP contribution in [0, 0.1) is 6.07 Å². The summed E-state index contributed by atoms with van der Waals surface area (Å²) in [6, 6.07) is 42.5. The SMILES string of the molecule is [Pt+2].[c-]1c(-c2ccccn2)cccc1-c1ccc2c3ccccc3n(-c3ccc(-c4ccccc4)[n-]3)c2n1. The standard InChI is InChI=1S/C32H20N4.Pt/c1-2-9-22(10-3-1)28-18-19-31(34-28)36-30-15-5-4-13-25(30)26-16-17-29(35-32(26)36)24-12-8-11-23(21-24)27-14-6-7-20-33-27;/h1-20H;/q-2;+2. The second kappa shape index (κ2) is 9.65. The third kappa shape index (κ3) is 4.10. The normalized spacial score (nSPS) is 11.0. The number of fused-ring (bicyclic) bond motifs is 3. The van der Waals surface area contributed by atoms with Crippen molar-refractivity contribution >= 4 is 21.9 Å². The molecule has 0 radical (unpaired) electrons. The molecule has 0 aliphatic rings. The molecule has 0 saturated heterocycles. The van der Waals surface area contributed by atoms with Crippen molar-refractivity contribution in [3.63, 3.8) is 0 Å². The van der Waals surface area contributed by atoms with E-state index in [0.717, 1.165) is 61.5 Å². The quantitative estimate of drug-likeness (QED) is 0.187. The third-order valence-corrected chi connectivity index (χ3v) is 6.46. The number of aromatic nitrogens is 4. The molecule has 0 N–H and O–H groups in total. The van der Waals surface area contributed by atoms with E-state index in [1.165, 1.54) is 0 Å². The molecule has 0 saturated carbocycles. The van der Waals surface area contributed by atoms with E-state index in [1.54, 1.807) is 6.20 Å². The number of rotatable bonds is 4. The van der Waals surface area contributed by atoms with Gasteiger partial charge in [0.2, 0.25) is 0 Å². The van der Waals surface area contributed by atoms with Crippen molar-refractivity contribution in [1.82, 2.24) is 19.5 Å². The Labute approximate surface area is 228 Å². The van der Waals surface area contributed by atoms with Crippen molar-refractivity contribution < 1.29 is 21.1 Å². The predicted octanol–water partition coefficient (Wildman–Crippen LogP) is 7.33. The molecule has 0 spiro atoms. The van der Waals surface area contributed by atoms with Crippen LogP contribution in [0.25, 0.3) is 61.5 Å². The van der Waals surface area contributed by atoms with Crippen LogP contribution in [0.15, 0.2) is 121 Å². The molecule has 178 valence electrons.